The number of carbonyl (C=O) groups is 2. The molecule has 3 unspecified atom stereocenters. The van der Waals surface area contributed by atoms with Crippen molar-refractivity contribution in [1.29, 1.82) is 0 Å². The molecule has 8 nitrogen and oxygen atoms in total. The zero-order valence-electron chi connectivity index (χ0n) is 20.2. The fourth-order valence-electron chi connectivity index (χ4n) is 4.30. The first-order valence-corrected chi connectivity index (χ1v) is 13.9. The first kappa shape index (κ1) is 25.3. The van der Waals surface area contributed by atoms with Crippen LogP contribution in [0, 0.1) is 5.92 Å². The van der Waals surface area contributed by atoms with Crippen molar-refractivity contribution in [3.63, 3.8) is 0 Å². The minimum Gasteiger partial charge on any atom is -0.491 e. The highest BCUT2D eigenvalue weighted by Crippen LogP contribution is 2.34. The lowest BCUT2D eigenvalue weighted by molar-refractivity contribution is -0.113. The van der Waals surface area contributed by atoms with E-state index in [4.69, 9.17) is 9.84 Å². The Bertz CT molecular complexity index is 1100. The monoisotopic (exact) mass is 504 g/mol. The van der Waals surface area contributed by atoms with E-state index in [9.17, 15) is 18.2 Å². The normalized spacial score (nSPS) is 18.9. The number of carbonyl (C=O) groups excluding carboxylic acids is 2. The first-order chi connectivity index (χ1) is 16.8. The van der Waals surface area contributed by atoms with Crippen molar-refractivity contribution in [2.24, 2.45) is 5.92 Å². The first-order valence-electron chi connectivity index (χ1n) is 12.1. The van der Waals surface area contributed by atoms with Crippen LogP contribution in [0.15, 0.2) is 24.3 Å². The molecule has 2 heterocycles. The fourth-order valence-corrected chi connectivity index (χ4v) is 4.75. The molecule has 190 valence electrons. The largest absolute Gasteiger partial charge is 0.491 e. The highest BCUT2D eigenvalue weighted by atomic mass is 32.2. The molecular weight excluding hydrogens is 471 g/mol. The van der Waals surface area contributed by atoms with Gasteiger partial charge < -0.3 is 15.4 Å². The number of halogens is 1. The van der Waals surface area contributed by atoms with Gasteiger partial charge in [0.1, 0.15) is 35.7 Å². The smallest absolute Gasteiger partial charge is 0.257 e. The van der Waals surface area contributed by atoms with E-state index in [-0.39, 0.29) is 30.2 Å². The Labute approximate surface area is 207 Å². The molecule has 4 rings (SSSR count). The number of rotatable bonds is 12. The number of hydrogen-bond acceptors (Lipinski definition) is 5. The maximum Gasteiger partial charge on any atom is 0.257 e. The van der Waals surface area contributed by atoms with E-state index in [0.29, 0.717) is 48.1 Å². The molecule has 2 aromatic rings. The van der Waals surface area contributed by atoms with Gasteiger partial charge in [-0.25, -0.2) is 9.07 Å². The minimum absolute atomic E-state index is 0.0152. The molecule has 1 aliphatic heterocycles. The van der Waals surface area contributed by atoms with Gasteiger partial charge >= 0.3 is 0 Å². The number of benzene rings is 1. The molecule has 1 aromatic carbocycles. The van der Waals surface area contributed by atoms with Crippen LogP contribution in [0.3, 0.4) is 0 Å². The third kappa shape index (κ3) is 7.13. The van der Waals surface area contributed by atoms with Gasteiger partial charge in [0, 0.05) is 36.1 Å². The van der Waals surface area contributed by atoms with E-state index in [0.717, 1.165) is 18.4 Å². The highest BCUT2D eigenvalue weighted by Gasteiger charge is 2.33. The SMILES string of the molecule is CC(F)COc1cccc(CCC2Cc3nn(CCC4CC4)c(NC(=O)CS(C)=O)c3C(=O)N2)c1. The second-order valence-electron chi connectivity index (χ2n) is 9.54. The lowest BCUT2D eigenvalue weighted by Crippen LogP contribution is -2.41. The molecule has 2 amide bonds. The van der Waals surface area contributed by atoms with E-state index in [1.807, 2.05) is 18.2 Å². The van der Waals surface area contributed by atoms with Crippen molar-refractivity contribution < 1.29 is 22.9 Å². The summed E-state index contributed by atoms with van der Waals surface area (Å²) in [5, 5.41) is 10.6. The van der Waals surface area contributed by atoms with E-state index >= 15 is 0 Å². The fraction of sp³-hybridized carbons (Fsp3) is 0.560. The van der Waals surface area contributed by atoms with E-state index in [2.05, 4.69) is 10.6 Å². The summed E-state index contributed by atoms with van der Waals surface area (Å²) in [6.07, 6.45) is 5.80. The highest BCUT2D eigenvalue weighted by molar-refractivity contribution is 7.85. The summed E-state index contributed by atoms with van der Waals surface area (Å²) in [6, 6.07) is 7.48. The summed E-state index contributed by atoms with van der Waals surface area (Å²) in [5.41, 5.74) is 2.13. The Morgan fingerprint density at radius 1 is 1.37 bits per heavy atom. The molecule has 2 aliphatic rings. The maximum atomic E-state index is 13.1. The summed E-state index contributed by atoms with van der Waals surface area (Å²) in [5.74, 6) is 0.942. The average molecular weight is 505 g/mol. The molecule has 1 fully saturated rings. The number of aryl methyl sites for hydroxylation is 2. The molecule has 1 aromatic heterocycles. The topological polar surface area (TPSA) is 102 Å². The van der Waals surface area contributed by atoms with E-state index in [1.54, 1.807) is 10.7 Å². The lowest BCUT2D eigenvalue weighted by Gasteiger charge is -2.23. The number of hydrogen-bond donors (Lipinski definition) is 2. The quantitative estimate of drug-likeness (QED) is 0.463. The van der Waals surface area contributed by atoms with Crippen molar-refractivity contribution in [2.75, 3.05) is 23.9 Å². The Hall–Kier alpha value is -2.75. The standard InChI is InChI=1S/C25H33FN4O4S/c1-16(26)14-34-20-5-3-4-18(12-20)8-9-19-13-21-23(25(32)27-19)24(28-22(31)15-35(2)33)30(29-21)11-10-17-6-7-17/h3-5,12,16-17,19H,6-11,13-15H2,1-2H3,(H,27,32)(H,28,31). The molecule has 10 heteroatoms. The number of aromatic nitrogens is 2. The van der Waals surface area contributed by atoms with Gasteiger partial charge in [0.15, 0.2) is 0 Å². The Morgan fingerprint density at radius 3 is 2.89 bits per heavy atom. The van der Waals surface area contributed by atoms with Crippen LogP contribution in [0.5, 0.6) is 5.75 Å². The van der Waals surface area contributed by atoms with Crippen LogP contribution in [0.1, 0.15) is 54.2 Å². The van der Waals surface area contributed by atoms with Gasteiger partial charge in [-0.1, -0.05) is 25.0 Å². The summed E-state index contributed by atoms with van der Waals surface area (Å²) < 4.78 is 31.8. The second-order valence-corrected chi connectivity index (χ2v) is 11.0. The van der Waals surface area contributed by atoms with E-state index < -0.39 is 17.0 Å². The van der Waals surface area contributed by atoms with Crippen LogP contribution in [0.25, 0.3) is 0 Å². The summed E-state index contributed by atoms with van der Waals surface area (Å²) in [4.78, 5) is 25.4. The predicted molar refractivity (Wildman–Crippen MR) is 133 cm³/mol. The Kier molecular flexibility index (Phi) is 8.20. The molecular formula is C25H33FN4O4S. The third-order valence-corrected chi connectivity index (χ3v) is 6.89. The van der Waals surface area contributed by atoms with Crippen molar-refractivity contribution >= 4 is 28.4 Å². The number of nitrogens with zero attached hydrogens (tertiary/aromatic N) is 2. The van der Waals surface area contributed by atoms with Gasteiger partial charge in [0.05, 0.1) is 5.69 Å². The molecule has 0 spiro atoms. The summed E-state index contributed by atoms with van der Waals surface area (Å²) in [7, 11) is -1.28. The van der Waals surface area contributed by atoms with Crippen molar-refractivity contribution in [1.82, 2.24) is 15.1 Å². The van der Waals surface area contributed by atoms with Gasteiger partial charge in [-0.05, 0) is 49.8 Å². The van der Waals surface area contributed by atoms with Crippen LogP contribution in [0.4, 0.5) is 10.2 Å². The van der Waals surface area contributed by atoms with Crippen LogP contribution >= 0.6 is 0 Å². The molecule has 1 aliphatic carbocycles. The minimum atomic E-state index is -1.28. The Morgan fingerprint density at radius 2 is 2.17 bits per heavy atom. The third-order valence-electron chi connectivity index (χ3n) is 6.22. The average Bonchev–Trinajstić information content (AvgIpc) is 3.56. The van der Waals surface area contributed by atoms with Crippen LogP contribution < -0.4 is 15.4 Å². The van der Waals surface area contributed by atoms with Crippen LogP contribution in [-0.4, -0.2) is 56.6 Å². The number of fused-ring (bicyclic) bond motifs is 1. The number of ether oxygens (including phenoxy) is 1. The molecule has 0 saturated heterocycles. The van der Waals surface area contributed by atoms with Gasteiger partial charge in [-0.3, -0.25) is 13.8 Å². The van der Waals surface area contributed by atoms with Gasteiger partial charge in [0.2, 0.25) is 5.91 Å². The second kappa shape index (κ2) is 11.3. The zero-order valence-corrected chi connectivity index (χ0v) is 21.0. The van der Waals surface area contributed by atoms with Gasteiger partial charge in [-0.15, -0.1) is 0 Å². The molecule has 2 N–H and O–H groups in total. The van der Waals surface area contributed by atoms with Gasteiger partial charge in [-0.2, -0.15) is 5.10 Å². The Balaban J connectivity index is 1.44. The molecule has 0 radical (unpaired) electrons. The zero-order chi connectivity index (χ0) is 24.9. The predicted octanol–water partition coefficient (Wildman–Crippen LogP) is 3.02. The number of amides is 2. The molecule has 0 bridgehead atoms. The van der Waals surface area contributed by atoms with Crippen molar-refractivity contribution in [3.05, 3.63) is 41.1 Å². The van der Waals surface area contributed by atoms with Crippen molar-refractivity contribution in [2.45, 2.75) is 64.2 Å². The molecule has 1 saturated carbocycles. The maximum absolute atomic E-state index is 13.1. The number of nitrogens with one attached hydrogen (secondary N) is 2. The summed E-state index contributed by atoms with van der Waals surface area (Å²) in [6.45, 7) is 2.10. The van der Waals surface area contributed by atoms with Crippen molar-refractivity contribution in [3.8, 4) is 5.75 Å². The lowest BCUT2D eigenvalue weighted by atomic mass is 9.96. The van der Waals surface area contributed by atoms with Crippen LogP contribution in [0.2, 0.25) is 0 Å². The van der Waals surface area contributed by atoms with Gasteiger partial charge in [0.25, 0.3) is 5.91 Å². The van der Waals surface area contributed by atoms with Crippen LogP contribution in [-0.2, 0) is 35.0 Å². The van der Waals surface area contributed by atoms with E-state index in [1.165, 1.54) is 26.0 Å². The summed E-state index contributed by atoms with van der Waals surface area (Å²) >= 11 is 0. The number of anilines is 1. The molecule has 3 atom stereocenters. The number of alkyl halides is 1. The molecule has 35 heavy (non-hydrogen) atoms.